The summed E-state index contributed by atoms with van der Waals surface area (Å²) in [5.74, 6) is -1.20. The lowest BCUT2D eigenvalue weighted by Crippen LogP contribution is -2.34. The molecule has 3 N–H and O–H groups in total. The van der Waals surface area contributed by atoms with Gasteiger partial charge in [0.2, 0.25) is 0 Å². The zero-order valence-corrected chi connectivity index (χ0v) is 12.3. The first kappa shape index (κ1) is 16.5. The van der Waals surface area contributed by atoms with E-state index in [4.69, 9.17) is 9.84 Å². The Morgan fingerprint density at radius 1 is 1.00 bits per heavy atom. The molecule has 1 amide bonds. The first-order chi connectivity index (χ1) is 11.1. The first-order valence-corrected chi connectivity index (χ1v) is 7.00. The second-order valence-corrected chi connectivity index (χ2v) is 4.88. The van der Waals surface area contributed by atoms with Crippen LogP contribution in [0.3, 0.4) is 0 Å². The molecule has 6 heteroatoms. The maximum Gasteiger partial charge on any atom is 0.408 e. The van der Waals surface area contributed by atoms with E-state index < -0.39 is 18.1 Å². The molecule has 23 heavy (non-hydrogen) atoms. The third-order valence-corrected chi connectivity index (χ3v) is 3.22. The molecule has 0 fully saturated rings. The fourth-order valence-electron chi connectivity index (χ4n) is 1.99. The van der Waals surface area contributed by atoms with Crippen molar-refractivity contribution in [1.29, 1.82) is 0 Å². The zero-order valence-electron chi connectivity index (χ0n) is 12.3. The number of carboxylic acid groups (broad SMARTS) is 1. The Labute approximate surface area is 133 Å². The fraction of sp³-hybridized carbons (Fsp3) is 0.176. The number of aliphatic hydroxyl groups excluding tert-OH is 1. The molecule has 0 heterocycles. The van der Waals surface area contributed by atoms with Crippen LogP contribution in [0.4, 0.5) is 4.79 Å². The Balaban J connectivity index is 1.98. The van der Waals surface area contributed by atoms with E-state index in [-0.39, 0.29) is 13.2 Å². The predicted octanol–water partition coefficient (Wildman–Crippen LogP) is 2.23. The molecule has 0 aliphatic rings. The Morgan fingerprint density at radius 2 is 1.65 bits per heavy atom. The summed E-state index contributed by atoms with van der Waals surface area (Å²) in [6.45, 7) is -0.0764. The van der Waals surface area contributed by atoms with Crippen LogP contribution >= 0.6 is 0 Å². The third-order valence-electron chi connectivity index (χ3n) is 3.22. The lowest BCUT2D eigenvalue weighted by Gasteiger charge is -2.15. The van der Waals surface area contributed by atoms with Crippen LogP contribution in [-0.4, -0.2) is 22.3 Å². The zero-order chi connectivity index (χ0) is 16.7. The number of hydrogen-bond acceptors (Lipinski definition) is 4. The maximum atomic E-state index is 11.8. The van der Waals surface area contributed by atoms with Crippen LogP contribution < -0.4 is 5.32 Å². The van der Waals surface area contributed by atoms with Gasteiger partial charge in [-0.3, -0.25) is 0 Å². The Hall–Kier alpha value is -2.86. The monoisotopic (exact) mass is 315 g/mol. The van der Waals surface area contributed by atoms with Crippen molar-refractivity contribution < 1.29 is 24.5 Å². The molecule has 6 nitrogen and oxygen atoms in total. The largest absolute Gasteiger partial charge is 0.479 e. The van der Waals surface area contributed by atoms with Crippen LogP contribution in [0.2, 0.25) is 0 Å². The minimum absolute atomic E-state index is 0.0580. The summed E-state index contributed by atoms with van der Waals surface area (Å²) >= 11 is 0. The van der Waals surface area contributed by atoms with Gasteiger partial charge in [-0.15, -0.1) is 0 Å². The molecular weight excluding hydrogens is 298 g/mol. The number of alkyl carbamates (subject to hydrolysis) is 1. The molecule has 2 aromatic rings. The van der Waals surface area contributed by atoms with Crippen molar-refractivity contribution >= 4 is 12.1 Å². The molecule has 0 spiro atoms. The molecule has 1 atom stereocenters. The number of nitrogens with one attached hydrogen (secondary N) is 1. The summed E-state index contributed by atoms with van der Waals surface area (Å²) in [7, 11) is 0. The highest BCUT2D eigenvalue weighted by molar-refractivity contribution is 5.81. The molecule has 1 unspecified atom stereocenters. The number of aliphatic carboxylic acids is 1. The van der Waals surface area contributed by atoms with Gasteiger partial charge >= 0.3 is 12.1 Å². The standard InChI is InChI=1S/C17H17NO5/c19-10-12-6-8-14(9-7-12)15(16(20)21)18-17(22)23-11-13-4-2-1-3-5-13/h1-9,15,19H,10-11H2,(H,18,22)(H,20,21). The van der Waals surface area contributed by atoms with E-state index in [0.29, 0.717) is 11.1 Å². The number of ether oxygens (including phenoxy) is 1. The molecule has 2 aromatic carbocycles. The highest BCUT2D eigenvalue weighted by atomic mass is 16.5. The first-order valence-electron chi connectivity index (χ1n) is 7.00. The average Bonchev–Trinajstić information content (AvgIpc) is 2.58. The minimum Gasteiger partial charge on any atom is -0.479 e. The van der Waals surface area contributed by atoms with E-state index in [1.54, 1.807) is 36.4 Å². The van der Waals surface area contributed by atoms with Crippen molar-refractivity contribution in [3.8, 4) is 0 Å². The third kappa shape index (κ3) is 4.82. The van der Waals surface area contributed by atoms with E-state index in [2.05, 4.69) is 5.32 Å². The lowest BCUT2D eigenvalue weighted by atomic mass is 10.1. The van der Waals surface area contributed by atoms with Crippen LogP contribution in [0.5, 0.6) is 0 Å². The quantitative estimate of drug-likeness (QED) is 0.759. The van der Waals surface area contributed by atoms with Crippen LogP contribution in [0.15, 0.2) is 54.6 Å². The molecule has 120 valence electrons. The summed E-state index contributed by atoms with van der Waals surface area (Å²) in [5.41, 5.74) is 1.86. The molecule has 0 saturated carbocycles. The number of aliphatic hydroxyl groups is 1. The van der Waals surface area contributed by atoms with E-state index in [9.17, 15) is 14.7 Å². The number of hydrogen-bond donors (Lipinski definition) is 3. The summed E-state index contributed by atoms with van der Waals surface area (Å²) in [4.78, 5) is 23.1. The van der Waals surface area contributed by atoms with Gasteiger partial charge in [0.15, 0.2) is 6.04 Å². The van der Waals surface area contributed by atoms with Gasteiger partial charge in [0.05, 0.1) is 6.61 Å². The number of benzene rings is 2. The van der Waals surface area contributed by atoms with Crippen LogP contribution in [-0.2, 0) is 22.7 Å². The van der Waals surface area contributed by atoms with Crippen molar-refractivity contribution in [2.45, 2.75) is 19.3 Å². The van der Waals surface area contributed by atoms with Crippen molar-refractivity contribution in [2.24, 2.45) is 0 Å². The second-order valence-electron chi connectivity index (χ2n) is 4.88. The normalized spacial score (nSPS) is 11.5. The number of carboxylic acids is 1. The highest BCUT2D eigenvalue weighted by Crippen LogP contribution is 2.15. The van der Waals surface area contributed by atoms with Crippen molar-refractivity contribution in [1.82, 2.24) is 5.32 Å². The van der Waals surface area contributed by atoms with Gasteiger partial charge < -0.3 is 20.3 Å². The van der Waals surface area contributed by atoms with Crippen molar-refractivity contribution in [3.05, 3.63) is 71.3 Å². The number of carbonyl (C=O) groups is 2. The van der Waals surface area contributed by atoms with Crippen LogP contribution in [0, 0.1) is 0 Å². The lowest BCUT2D eigenvalue weighted by molar-refractivity contribution is -0.139. The van der Waals surface area contributed by atoms with Crippen LogP contribution in [0.1, 0.15) is 22.7 Å². The predicted molar refractivity (Wildman–Crippen MR) is 82.5 cm³/mol. The molecule has 0 bridgehead atoms. The molecule has 0 radical (unpaired) electrons. The average molecular weight is 315 g/mol. The Kier molecular flexibility index (Phi) is 5.71. The van der Waals surface area contributed by atoms with Gasteiger partial charge in [-0.25, -0.2) is 9.59 Å². The molecule has 0 aromatic heterocycles. The Morgan fingerprint density at radius 3 is 2.22 bits per heavy atom. The van der Waals surface area contributed by atoms with E-state index in [0.717, 1.165) is 5.56 Å². The van der Waals surface area contributed by atoms with E-state index >= 15 is 0 Å². The van der Waals surface area contributed by atoms with Crippen molar-refractivity contribution in [2.75, 3.05) is 0 Å². The molecule has 0 aliphatic heterocycles. The molecule has 2 rings (SSSR count). The molecular formula is C17H17NO5. The topological polar surface area (TPSA) is 95.9 Å². The Bertz CT molecular complexity index is 654. The van der Waals surface area contributed by atoms with Gasteiger partial charge in [0.1, 0.15) is 6.61 Å². The van der Waals surface area contributed by atoms with Crippen LogP contribution in [0.25, 0.3) is 0 Å². The summed E-state index contributed by atoms with van der Waals surface area (Å²) in [5, 5.41) is 20.6. The van der Waals surface area contributed by atoms with E-state index in [1.165, 1.54) is 0 Å². The number of rotatable bonds is 6. The van der Waals surface area contributed by atoms with Crippen molar-refractivity contribution in [3.63, 3.8) is 0 Å². The molecule has 0 aliphatic carbocycles. The van der Waals surface area contributed by atoms with Gasteiger partial charge in [-0.05, 0) is 16.7 Å². The van der Waals surface area contributed by atoms with Gasteiger partial charge in [0.25, 0.3) is 0 Å². The molecule has 0 saturated heterocycles. The highest BCUT2D eigenvalue weighted by Gasteiger charge is 2.22. The fourth-order valence-corrected chi connectivity index (χ4v) is 1.99. The van der Waals surface area contributed by atoms with Gasteiger partial charge in [0, 0.05) is 0 Å². The minimum atomic E-state index is -1.22. The maximum absolute atomic E-state index is 11.8. The van der Waals surface area contributed by atoms with Gasteiger partial charge in [-0.1, -0.05) is 54.6 Å². The van der Waals surface area contributed by atoms with Gasteiger partial charge in [-0.2, -0.15) is 0 Å². The summed E-state index contributed by atoms with van der Waals surface area (Å²) in [6, 6.07) is 14.2. The number of carbonyl (C=O) groups excluding carboxylic acids is 1. The summed E-state index contributed by atoms with van der Waals surface area (Å²) < 4.78 is 5.02. The number of amides is 1. The smallest absolute Gasteiger partial charge is 0.408 e. The SMILES string of the molecule is O=C(NC(C(=O)O)c1ccc(CO)cc1)OCc1ccccc1. The second kappa shape index (κ2) is 7.95. The summed E-state index contributed by atoms with van der Waals surface area (Å²) in [6.07, 6.45) is -0.813. The van der Waals surface area contributed by atoms with E-state index in [1.807, 2.05) is 18.2 Å².